The molecule has 1 heterocycles. The first kappa shape index (κ1) is 28.3. The predicted octanol–water partition coefficient (Wildman–Crippen LogP) is 6.34. The van der Waals surface area contributed by atoms with Gasteiger partial charge >= 0.3 is 12.2 Å². The van der Waals surface area contributed by atoms with Gasteiger partial charge in [0, 0.05) is 18.7 Å². The summed E-state index contributed by atoms with van der Waals surface area (Å²) in [4.78, 5) is 30.2. The Balaban J connectivity index is 2.14. The number of nitrogens with one attached hydrogen (secondary N) is 1. The largest absolute Gasteiger partial charge is 0.486 e. The normalized spacial score (nSPS) is 12.4. The van der Waals surface area contributed by atoms with Gasteiger partial charge in [-0.05, 0) is 60.1 Å². The minimum absolute atomic E-state index is 0.0828. The Morgan fingerprint density at radius 2 is 1.80 bits per heavy atom. The monoisotopic (exact) mass is 513 g/mol. The maximum Gasteiger partial charge on any atom is 0.416 e. The van der Waals surface area contributed by atoms with Crippen molar-refractivity contribution >= 4 is 38.9 Å². The second kappa shape index (κ2) is 11.7. The molecule has 0 saturated carbocycles. The summed E-state index contributed by atoms with van der Waals surface area (Å²) in [6.07, 6.45) is -0.322. The Morgan fingerprint density at radius 3 is 2.37 bits per heavy atom. The number of alkyl carbamates (subject to hydrolysis) is 1. The molecule has 2 aromatic rings. The van der Waals surface area contributed by atoms with Crippen LogP contribution in [0.1, 0.15) is 54.9 Å². The maximum absolute atomic E-state index is 15.2. The number of anilines is 1. The third-order valence-electron chi connectivity index (χ3n) is 4.17. The minimum Gasteiger partial charge on any atom is -0.486 e. The van der Waals surface area contributed by atoms with Gasteiger partial charge < -0.3 is 19.5 Å². The number of ether oxygens (including phenoxy) is 3. The van der Waals surface area contributed by atoms with Crippen LogP contribution in [0.3, 0.4) is 0 Å². The predicted molar refractivity (Wildman–Crippen MR) is 132 cm³/mol. The molecule has 0 bridgehead atoms. The van der Waals surface area contributed by atoms with Crippen molar-refractivity contribution in [3.05, 3.63) is 29.9 Å². The van der Waals surface area contributed by atoms with Crippen LogP contribution in [0.25, 0.3) is 10.2 Å². The van der Waals surface area contributed by atoms with Crippen LogP contribution in [0.5, 0.6) is 5.75 Å². The van der Waals surface area contributed by atoms with Crippen LogP contribution in [-0.4, -0.2) is 48.1 Å². The molecule has 0 unspecified atom stereocenters. The average molecular weight is 514 g/mol. The number of hydrogen-bond donors (Lipinski definition) is 1. The molecule has 0 radical (unpaired) electrons. The number of thiazole rings is 1. The number of halogens is 2. The molecule has 2 amide bonds. The molecule has 0 aliphatic heterocycles. The number of carbonyl (C=O) groups is 2. The molecule has 0 aliphatic carbocycles. The Hall–Kier alpha value is -2.95. The molecule has 194 valence electrons. The summed E-state index contributed by atoms with van der Waals surface area (Å²) in [7, 11) is 0. The van der Waals surface area contributed by atoms with Crippen molar-refractivity contribution in [2.24, 2.45) is 0 Å². The molecular weight excluding hydrogens is 480 g/mol. The Labute approximate surface area is 208 Å². The number of benzene rings is 1. The quantitative estimate of drug-likeness (QED) is 0.443. The van der Waals surface area contributed by atoms with Crippen LogP contribution in [0.2, 0.25) is 0 Å². The summed E-state index contributed by atoms with van der Waals surface area (Å²) >= 11 is 0.997. The van der Waals surface area contributed by atoms with E-state index in [0.717, 1.165) is 11.3 Å². The third-order valence-corrected chi connectivity index (χ3v) is 5.26. The smallest absolute Gasteiger partial charge is 0.416 e. The van der Waals surface area contributed by atoms with E-state index in [-0.39, 0.29) is 29.2 Å². The van der Waals surface area contributed by atoms with E-state index in [1.54, 1.807) is 47.6 Å². The molecular formula is C24H33F2N3O5S. The van der Waals surface area contributed by atoms with E-state index < -0.39 is 29.2 Å². The van der Waals surface area contributed by atoms with Gasteiger partial charge in [0.25, 0.3) is 0 Å². The number of rotatable bonds is 8. The lowest BCUT2D eigenvalue weighted by molar-refractivity contribution is 0.0529. The van der Waals surface area contributed by atoms with Gasteiger partial charge in [0.15, 0.2) is 16.7 Å². The summed E-state index contributed by atoms with van der Waals surface area (Å²) < 4.78 is 44.7. The zero-order valence-electron chi connectivity index (χ0n) is 21.2. The number of amides is 2. The van der Waals surface area contributed by atoms with Crippen LogP contribution in [0, 0.1) is 5.82 Å². The van der Waals surface area contributed by atoms with E-state index >= 15 is 4.39 Å². The molecule has 11 heteroatoms. The Morgan fingerprint density at radius 1 is 1.14 bits per heavy atom. The fourth-order valence-corrected chi connectivity index (χ4v) is 3.77. The van der Waals surface area contributed by atoms with Gasteiger partial charge in [-0.15, -0.1) is 0 Å². The third kappa shape index (κ3) is 8.65. The first-order valence-corrected chi connectivity index (χ1v) is 12.0. The average Bonchev–Trinajstić information content (AvgIpc) is 3.15. The molecule has 0 saturated heterocycles. The van der Waals surface area contributed by atoms with E-state index in [1.165, 1.54) is 11.0 Å². The SMILES string of the molecule is CCCN(C(=O)OC(C)(C)C)c1nc2ccc(OC/C(=C\F)CNC(=O)OC(C)(C)C)c(F)c2s1. The highest BCUT2D eigenvalue weighted by Crippen LogP contribution is 2.35. The van der Waals surface area contributed by atoms with Crippen LogP contribution >= 0.6 is 11.3 Å². The van der Waals surface area contributed by atoms with Crippen LogP contribution in [-0.2, 0) is 9.47 Å². The van der Waals surface area contributed by atoms with Gasteiger partial charge in [0.2, 0.25) is 0 Å². The molecule has 35 heavy (non-hydrogen) atoms. The van der Waals surface area contributed by atoms with Crippen LogP contribution in [0.4, 0.5) is 23.5 Å². The molecule has 2 rings (SSSR count). The summed E-state index contributed by atoms with van der Waals surface area (Å²) in [5.41, 5.74) is -0.944. The van der Waals surface area contributed by atoms with E-state index in [0.29, 0.717) is 29.9 Å². The second-order valence-electron chi connectivity index (χ2n) is 9.77. The molecule has 1 aromatic carbocycles. The lowest BCUT2D eigenvalue weighted by Crippen LogP contribution is -2.37. The van der Waals surface area contributed by atoms with Crippen molar-refractivity contribution in [2.45, 2.75) is 66.1 Å². The van der Waals surface area contributed by atoms with E-state index in [9.17, 15) is 14.0 Å². The molecule has 1 N–H and O–H groups in total. The minimum atomic E-state index is -0.705. The zero-order valence-corrected chi connectivity index (χ0v) is 22.0. The van der Waals surface area contributed by atoms with Gasteiger partial charge in [0.05, 0.1) is 16.5 Å². The molecule has 0 spiro atoms. The number of fused-ring (bicyclic) bond motifs is 1. The standard InChI is InChI=1S/C24H33F2N3O5S/c1-8-11-29(22(31)34-24(5,6)7)20-28-16-9-10-17(18(26)19(16)35-20)32-14-15(12-25)13-27-21(30)33-23(2,3)4/h9-10,12H,8,11,13-14H2,1-7H3,(H,27,30)/b15-12-. The van der Waals surface area contributed by atoms with Crippen LogP contribution in [0.15, 0.2) is 24.0 Å². The van der Waals surface area contributed by atoms with Crippen molar-refractivity contribution in [3.63, 3.8) is 0 Å². The Kier molecular flexibility index (Phi) is 9.42. The summed E-state index contributed by atoms with van der Waals surface area (Å²) in [5, 5.41) is 2.73. The van der Waals surface area contributed by atoms with Crippen molar-refractivity contribution in [1.82, 2.24) is 10.3 Å². The first-order chi connectivity index (χ1) is 16.2. The molecule has 0 atom stereocenters. The van der Waals surface area contributed by atoms with Gasteiger partial charge in [-0.3, -0.25) is 4.90 Å². The lowest BCUT2D eigenvalue weighted by atomic mass is 10.2. The second-order valence-corrected chi connectivity index (χ2v) is 10.7. The number of carbonyl (C=O) groups excluding carboxylic acids is 2. The van der Waals surface area contributed by atoms with Gasteiger partial charge in [-0.25, -0.2) is 23.4 Å². The molecule has 1 aromatic heterocycles. The highest BCUT2D eigenvalue weighted by molar-refractivity contribution is 7.22. The molecule has 0 fully saturated rings. The van der Waals surface area contributed by atoms with E-state index in [2.05, 4.69) is 10.3 Å². The van der Waals surface area contributed by atoms with Crippen molar-refractivity contribution in [1.29, 1.82) is 0 Å². The summed E-state index contributed by atoms with van der Waals surface area (Å²) in [5.74, 6) is -0.783. The highest BCUT2D eigenvalue weighted by Gasteiger charge is 2.26. The van der Waals surface area contributed by atoms with E-state index in [1.807, 2.05) is 6.92 Å². The van der Waals surface area contributed by atoms with Gasteiger partial charge in [-0.1, -0.05) is 18.3 Å². The summed E-state index contributed by atoms with van der Waals surface area (Å²) in [6.45, 7) is 12.2. The first-order valence-electron chi connectivity index (χ1n) is 11.2. The number of aromatic nitrogens is 1. The van der Waals surface area contributed by atoms with Gasteiger partial charge in [-0.2, -0.15) is 0 Å². The number of hydrogen-bond acceptors (Lipinski definition) is 7. The lowest BCUT2D eigenvalue weighted by Gasteiger charge is -2.25. The van der Waals surface area contributed by atoms with E-state index in [4.69, 9.17) is 14.2 Å². The summed E-state index contributed by atoms with van der Waals surface area (Å²) in [6, 6.07) is 2.95. The fourth-order valence-electron chi connectivity index (χ4n) is 2.75. The molecule has 8 nitrogen and oxygen atoms in total. The maximum atomic E-state index is 15.2. The van der Waals surface area contributed by atoms with Gasteiger partial charge in [0.1, 0.15) is 17.8 Å². The van der Waals surface area contributed by atoms with Crippen molar-refractivity contribution in [2.75, 3.05) is 24.6 Å². The zero-order chi connectivity index (χ0) is 26.4. The van der Waals surface area contributed by atoms with Crippen molar-refractivity contribution in [3.8, 4) is 5.75 Å². The topological polar surface area (TPSA) is 90.0 Å². The number of nitrogens with zero attached hydrogens (tertiary/aromatic N) is 2. The van der Waals surface area contributed by atoms with Crippen molar-refractivity contribution < 1.29 is 32.6 Å². The van der Waals surface area contributed by atoms with Crippen LogP contribution < -0.4 is 15.0 Å². The molecule has 0 aliphatic rings. The Bertz CT molecular complexity index is 1070. The highest BCUT2D eigenvalue weighted by atomic mass is 32.1. The fraction of sp³-hybridized carbons (Fsp3) is 0.542.